The average Bonchev–Trinajstić information content (AvgIpc) is 2.23. The van der Waals surface area contributed by atoms with Gasteiger partial charge in [0.05, 0.1) is 0 Å². The molecule has 0 aliphatic carbocycles. The third-order valence-corrected chi connectivity index (χ3v) is 2.97. The highest BCUT2D eigenvalue weighted by Gasteiger charge is 2.06. The zero-order valence-electron chi connectivity index (χ0n) is 9.08. The highest BCUT2D eigenvalue weighted by Crippen LogP contribution is 2.08. The molecule has 0 aliphatic heterocycles. The Hall–Kier alpha value is -0.750. The van der Waals surface area contributed by atoms with Crippen molar-refractivity contribution < 1.29 is 14.7 Å². The number of nitrogens with one attached hydrogen (secondary N) is 2. The molecule has 88 valence electrons. The summed E-state index contributed by atoms with van der Waals surface area (Å²) in [5, 5.41) is 13.2. The van der Waals surface area contributed by atoms with Gasteiger partial charge in [0.25, 0.3) is 0 Å². The van der Waals surface area contributed by atoms with Crippen LogP contribution in [0.25, 0.3) is 0 Å². The van der Waals surface area contributed by atoms with E-state index in [4.69, 9.17) is 5.11 Å². The number of carbonyl (C=O) groups excluding carboxylic acids is 2. The van der Waals surface area contributed by atoms with E-state index in [1.54, 1.807) is 11.8 Å². The Kier molecular flexibility index (Phi) is 8.12. The minimum absolute atomic E-state index is 0.164. The van der Waals surface area contributed by atoms with Crippen LogP contribution in [0.2, 0.25) is 0 Å². The van der Waals surface area contributed by atoms with Gasteiger partial charge in [-0.3, -0.25) is 10.1 Å². The van der Waals surface area contributed by atoms with Gasteiger partial charge in [-0.1, -0.05) is 6.92 Å². The second kappa shape index (κ2) is 8.55. The zero-order valence-corrected chi connectivity index (χ0v) is 9.89. The van der Waals surface area contributed by atoms with Gasteiger partial charge in [-0.15, -0.1) is 0 Å². The van der Waals surface area contributed by atoms with Crippen molar-refractivity contribution >= 4 is 23.7 Å². The van der Waals surface area contributed by atoms with Crippen molar-refractivity contribution in [2.24, 2.45) is 5.92 Å². The smallest absolute Gasteiger partial charge is 0.321 e. The van der Waals surface area contributed by atoms with Crippen LogP contribution in [-0.4, -0.2) is 42.2 Å². The number of aliphatic hydroxyl groups excluding tert-OH is 1. The predicted octanol–water partition coefficient (Wildman–Crippen LogP) is 0.194. The van der Waals surface area contributed by atoms with Gasteiger partial charge in [0.1, 0.15) is 0 Å². The minimum Gasteiger partial charge on any atom is -0.396 e. The maximum absolute atomic E-state index is 11.1. The molecule has 15 heavy (non-hydrogen) atoms. The van der Waals surface area contributed by atoms with Crippen molar-refractivity contribution in [1.82, 2.24) is 10.6 Å². The van der Waals surface area contributed by atoms with Crippen molar-refractivity contribution in [3.05, 3.63) is 0 Å². The molecule has 3 N–H and O–H groups in total. The lowest BCUT2D eigenvalue weighted by atomic mass is 10.2. The summed E-state index contributed by atoms with van der Waals surface area (Å²) in [4.78, 5) is 21.8. The second-order valence-electron chi connectivity index (χ2n) is 3.24. The molecule has 0 saturated heterocycles. The Morgan fingerprint density at radius 1 is 1.47 bits per heavy atom. The number of thioether (sulfide) groups is 1. The lowest BCUT2D eigenvalue weighted by Crippen LogP contribution is -2.37. The fourth-order valence-electron chi connectivity index (χ4n) is 0.754. The third-order valence-electron chi connectivity index (χ3n) is 1.67. The van der Waals surface area contributed by atoms with Gasteiger partial charge in [-0.2, -0.15) is 11.8 Å². The molecule has 0 saturated carbocycles. The van der Waals surface area contributed by atoms with Crippen molar-refractivity contribution in [3.8, 4) is 0 Å². The van der Waals surface area contributed by atoms with Gasteiger partial charge < -0.3 is 10.4 Å². The maximum Gasteiger partial charge on any atom is 0.321 e. The fraction of sp³-hybridized carbons (Fsp3) is 0.778. The normalized spacial score (nSPS) is 11.9. The predicted molar refractivity (Wildman–Crippen MR) is 60.8 cm³/mol. The van der Waals surface area contributed by atoms with Crippen LogP contribution < -0.4 is 10.6 Å². The van der Waals surface area contributed by atoms with Gasteiger partial charge in [0.2, 0.25) is 5.91 Å². The van der Waals surface area contributed by atoms with Crippen LogP contribution in [0.4, 0.5) is 4.79 Å². The Labute approximate surface area is 94.0 Å². The summed E-state index contributed by atoms with van der Waals surface area (Å²) in [7, 11) is 1.46. The Bertz CT molecular complexity index is 212. The van der Waals surface area contributed by atoms with Crippen molar-refractivity contribution in [1.29, 1.82) is 0 Å². The summed E-state index contributed by atoms with van der Waals surface area (Å²) in [6.07, 6.45) is 0.316. The van der Waals surface area contributed by atoms with Crippen LogP contribution in [0.1, 0.15) is 13.3 Å². The zero-order chi connectivity index (χ0) is 11.7. The average molecular weight is 234 g/mol. The highest BCUT2D eigenvalue weighted by atomic mass is 32.2. The lowest BCUT2D eigenvalue weighted by molar-refractivity contribution is -0.119. The van der Waals surface area contributed by atoms with Crippen LogP contribution in [0, 0.1) is 5.92 Å². The molecule has 5 nitrogen and oxygen atoms in total. The first kappa shape index (κ1) is 14.2. The number of hydrogen-bond donors (Lipinski definition) is 3. The lowest BCUT2D eigenvalue weighted by Gasteiger charge is -2.06. The third kappa shape index (κ3) is 8.26. The molecule has 1 atom stereocenters. The summed E-state index contributed by atoms with van der Waals surface area (Å²) in [6.45, 7) is 2.11. The molecule has 0 aromatic rings. The van der Waals surface area contributed by atoms with Crippen LogP contribution in [0.15, 0.2) is 0 Å². The van der Waals surface area contributed by atoms with Crippen LogP contribution in [0.3, 0.4) is 0 Å². The monoisotopic (exact) mass is 234 g/mol. The largest absolute Gasteiger partial charge is 0.396 e. The summed E-state index contributed by atoms with van der Waals surface area (Å²) in [6, 6.07) is -0.478. The van der Waals surface area contributed by atoms with Gasteiger partial charge in [0, 0.05) is 25.8 Å². The minimum atomic E-state index is -0.478. The molecule has 0 bridgehead atoms. The first-order valence-electron chi connectivity index (χ1n) is 4.80. The van der Waals surface area contributed by atoms with Crippen molar-refractivity contribution in [3.63, 3.8) is 0 Å². The van der Waals surface area contributed by atoms with E-state index < -0.39 is 6.03 Å². The summed E-state index contributed by atoms with van der Waals surface area (Å²) < 4.78 is 0. The van der Waals surface area contributed by atoms with E-state index >= 15 is 0 Å². The highest BCUT2D eigenvalue weighted by molar-refractivity contribution is 7.99. The van der Waals surface area contributed by atoms with Crippen LogP contribution in [0.5, 0.6) is 0 Å². The standard InChI is InChI=1S/C9H18N2O3S/c1-7(5-12)6-15-4-3-8(13)11-9(14)10-2/h7,12H,3-6H2,1-2H3,(H2,10,11,13,14). The van der Waals surface area contributed by atoms with E-state index in [1.807, 2.05) is 6.92 Å². The number of urea groups is 1. The second-order valence-corrected chi connectivity index (χ2v) is 4.39. The van der Waals surface area contributed by atoms with E-state index in [0.717, 1.165) is 5.75 Å². The van der Waals surface area contributed by atoms with Gasteiger partial charge >= 0.3 is 6.03 Å². The summed E-state index contributed by atoms with van der Waals surface area (Å²) >= 11 is 1.60. The van der Waals surface area contributed by atoms with E-state index in [2.05, 4.69) is 10.6 Å². The first-order valence-corrected chi connectivity index (χ1v) is 5.95. The van der Waals surface area contributed by atoms with Crippen molar-refractivity contribution in [2.45, 2.75) is 13.3 Å². The van der Waals surface area contributed by atoms with Crippen LogP contribution in [-0.2, 0) is 4.79 Å². The SMILES string of the molecule is CNC(=O)NC(=O)CCSCC(C)CO. The van der Waals surface area contributed by atoms with E-state index in [9.17, 15) is 9.59 Å². The molecule has 0 aliphatic rings. The van der Waals surface area contributed by atoms with Gasteiger partial charge in [-0.25, -0.2) is 4.79 Å². The van der Waals surface area contributed by atoms with E-state index in [-0.39, 0.29) is 18.4 Å². The molecule has 0 spiro atoms. The Morgan fingerprint density at radius 2 is 2.13 bits per heavy atom. The summed E-state index contributed by atoms with van der Waals surface area (Å²) in [5.74, 6) is 1.45. The first-order chi connectivity index (χ1) is 7.10. The van der Waals surface area contributed by atoms with E-state index in [0.29, 0.717) is 12.2 Å². The van der Waals surface area contributed by atoms with Crippen molar-refractivity contribution in [2.75, 3.05) is 25.2 Å². The molecule has 6 heteroatoms. The number of imide groups is 1. The fourth-order valence-corrected chi connectivity index (χ4v) is 1.76. The molecular weight excluding hydrogens is 216 g/mol. The molecule has 0 fully saturated rings. The Morgan fingerprint density at radius 3 is 2.67 bits per heavy atom. The number of carbonyl (C=O) groups is 2. The Balaban J connectivity index is 3.43. The molecule has 0 radical (unpaired) electrons. The van der Waals surface area contributed by atoms with Gasteiger partial charge in [-0.05, 0) is 11.7 Å². The molecule has 0 heterocycles. The molecule has 0 aromatic carbocycles. The quantitative estimate of drug-likeness (QED) is 0.573. The van der Waals surface area contributed by atoms with Gasteiger partial charge in [0.15, 0.2) is 0 Å². The maximum atomic E-state index is 11.1. The van der Waals surface area contributed by atoms with Crippen LogP contribution >= 0.6 is 11.8 Å². The topological polar surface area (TPSA) is 78.4 Å². The summed E-state index contributed by atoms with van der Waals surface area (Å²) in [5.41, 5.74) is 0. The molecule has 0 aromatic heterocycles. The number of aliphatic hydroxyl groups is 1. The number of hydrogen-bond acceptors (Lipinski definition) is 4. The molecular formula is C9H18N2O3S. The number of rotatable bonds is 6. The molecule has 0 rings (SSSR count). The molecule has 3 amide bonds. The van der Waals surface area contributed by atoms with E-state index in [1.165, 1.54) is 7.05 Å². The number of amides is 3. The molecule has 1 unspecified atom stereocenters.